The Labute approximate surface area is 121 Å². The lowest BCUT2D eigenvalue weighted by Gasteiger charge is -2.25. The molecule has 0 amide bonds. The van der Waals surface area contributed by atoms with E-state index >= 15 is 0 Å². The topological polar surface area (TPSA) is 121 Å². The van der Waals surface area contributed by atoms with Crippen LogP contribution in [0.1, 0.15) is 12.0 Å². The van der Waals surface area contributed by atoms with Crippen LogP contribution >= 0.6 is 0 Å². The summed E-state index contributed by atoms with van der Waals surface area (Å²) < 4.78 is 0. The van der Waals surface area contributed by atoms with Crippen LogP contribution in [0.25, 0.3) is 0 Å². The molecular weight excluding hydrogens is 276 g/mol. The van der Waals surface area contributed by atoms with Crippen LogP contribution in [0.4, 0.5) is 0 Å². The van der Waals surface area contributed by atoms with Gasteiger partial charge in [-0.05, 0) is 36.6 Å². The molecule has 0 unspecified atom stereocenters. The fourth-order valence-electron chi connectivity index (χ4n) is 2.38. The lowest BCUT2D eigenvalue weighted by Crippen LogP contribution is -2.28. The van der Waals surface area contributed by atoms with Gasteiger partial charge < -0.3 is 30.6 Å². The second-order valence-corrected chi connectivity index (χ2v) is 5.17. The molecule has 6 heteroatoms. The number of rotatable bonds is 4. The van der Waals surface area contributed by atoms with E-state index in [1.54, 1.807) is 6.07 Å². The Morgan fingerprint density at radius 1 is 1.05 bits per heavy atom. The van der Waals surface area contributed by atoms with Crippen LogP contribution in [0, 0.1) is 5.92 Å². The Hall–Kier alpha value is -2.18. The Balaban J connectivity index is 2.00. The molecule has 1 aromatic rings. The molecule has 0 aromatic heterocycles. The SMILES string of the molecule is OC1=C[C@H](O)[C@H](C[C@@H](O)Cc2ccc(O)c(O)c2)C(O)=C1. The molecule has 6 nitrogen and oxygen atoms in total. The van der Waals surface area contributed by atoms with E-state index in [1.807, 2.05) is 0 Å². The van der Waals surface area contributed by atoms with Crippen molar-refractivity contribution in [1.82, 2.24) is 0 Å². The Bertz CT molecular complexity index is 578. The number of aromatic hydroxyl groups is 2. The van der Waals surface area contributed by atoms with Crippen LogP contribution in [0.5, 0.6) is 11.5 Å². The largest absolute Gasteiger partial charge is 0.512 e. The van der Waals surface area contributed by atoms with Crippen molar-refractivity contribution in [3.05, 3.63) is 47.4 Å². The smallest absolute Gasteiger partial charge is 0.157 e. The summed E-state index contributed by atoms with van der Waals surface area (Å²) in [5, 5.41) is 57.4. The molecule has 0 radical (unpaired) electrons. The second-order valence-electron chi connectivity index (χ2n) is 5.17. The number of phenolic OH excluding ortho intramolecular Hbond substituents is 2. The highest BCUT2D eigenvalue weighted by Crippen LogP contribution is 2.29. The highest BCUT2D eigenvalue weighted by molar-refractivity contribution is 5.40. The van der Waals surface area contributed by atoms with Gasteiger partial charge in [0.2, 0.25) is 0 Å². The maximum absolute atomic E-state index is 10.0. The highest BCUT2D eigenvalue weighted by atomic mass is 16.3. The van der Waals surface area contributed by atoms with Gasteiger partial charge in [-0.3, -0.25) is 0 Å². The maximum atomic E-state index is 10.0. The van der Waals surface area contributed by atoms with Gasteiger partial charge >= 0.3 is 0 Å². The van der Waals surface area contributed by atoms with E-state index in [2.05, 4.69) is 0 Å². The number of aliphatic hydroxyl groups excluding tert-OH is 4. The van der Waals surface area contributed by atoms with E-state index in [0.717, 1.165) is 6.08 Å². The van der Waals surface area contributed by atoms with Gasteiger partial charge in [0.15, 0.2) is 11.5 Å². The summed E-state index contributed by atoms with van der Waals surface area (Å²) in [7, 11) is 0. The van der Waals surface area contributed by atoms with Crippen LogP contribution in [-0.4, -0.2) is 42.8 Å². The van der Waals surface area contributed by atoms with Gasteiger partial charge in [-0.2, -0.15) is 0 Å². The average molecular weight is 294 g/mol. The number of allylic oxidation sites excluding steroid dienone is 1. The summed E-state index contributed by atoms with van der Waals surface area (Å²) in [5.74, 6) is -1.60. The number of hydrogen-bond donors (Lipinski definition) is 6. The van der Waals surface area contributed by atoms with E-state index in [1.165, 1.54) is 18.2 Å². The molecular formula is C15H18O6. The molecule has 114 valence electrons. The van der Waals surface area contributed by atoms with Crippen LogP contribution in [0.15, 0.2) is 41.9 Å². The minimum absolute atomic E-state index is 0.0922. The van der Waals surface area contributed by atoms with Crippen LogP contribution < -0.4 is 0 Å². The van der Waals surface area contributed by atoms with E-state index < -0.39 is 18.1 Å². The summed E-state index contributed by atoms with van der Waals surface area (Å²) >= 11 is 0. The molecule has 0 saturated carbocycles. The van der Waals surface area contributed by atoms with Crippen molar-refractivity contribution in [3.8, 4) is 11.5 Å². The van der Waals surface area contributed by atoms with Gasteiger partial charge in [-0.25, -0.2) is 0 Å². The monoisotopic (exact) mass is 294 g/mol. The van der Waals surface area contributed by atoms with Crippen molar-refractivity contribution >= 4 is 0 Å². The molecule has 2 rings (SSSR count). The third kappa shape index (κ3) is 3.68. The molecule has 1 aromatic carbocycles. The summed E-state index contributed by atoms with van der Waals surface area (Å²) in [4.78, 5) is 0. The molecule has 0 spiro atoms. The maximum Gasteiger partial charge on any atom is 0.157 e. The molecule has 21 heavy (non-hydrogen) atoms. The van der Waals surface area contributed by atoms with E-state index in [4.69, 9.17) is 0 Å². The number of benzene rings is 1. The first kappa shape index (κ1) is 15.2. The zero-order valence-electron chi connectivity index (χ0n) is 11.2. The van der Waals surface area contributed by atoms with Crippen molar-refractivity contribution in [2.45, 2.75) is 25.0 Å². The molecule has 1 aliphatic rings. The zero-order chi connectivity index (χ0) is 15.6. The third-order valence-corrected chi connectivity index (χ3v) is 3.47. The van der Waals surface area contributed by atoms with Crippen molar-refractivity contribution < 1.29 is 30.6 Å². The van der Waals surface area contributed by atoms with Crippen molar-refractivity contribution in [2.75, 3.05) is 0 Å². The first-order valence-electron chi connectivity index (χ1n) is 6.55. The van der Waals surface area contributed by atoms with Crippen LogP contribution in [0.2, 0.25) is 0 Å². The first-order valence-corrected chi connectivity index (χ1v) is 6.55. The number of hydrogen-bond acceptors (Lipinski definition) is 6. The molecule has 3 atom stereocenters. The van der Waals surface area contributed by atoms with Gasteiger partial charge in [-0.15, -0.1) is 0 Å². The normalized spacial score (nSPS) is 23.3. The van der Waals surface area contributed by atoms with Crippen molar-refractivity contribution in [3.63, 3.8) is 0 Å². The molecule has 6 N–H and O–H groups in total. The number of phenols is 2. The van der Waals surface area contributed by atoms with Gasteiger partial charge in [0.1, 0.15) is 11.5 Å². The van der Waals surface area contributed by atoms with Crippen molar-refractivity contribution in [2.24, 2.45) is 5.92 Å². The van der Waals surface area contributed by atoms with E-state index in [9.17, 15) is 30.6 Å². The predicted octanol–water partition coefficient (Wildman–Crippen LogP) is 1.27. The van der Waals surface area contributed by atoms with E-state index in [0.29, 0.717) is 5.56 Å². The molecule has 0 aliphatic heterocycles. The molecule has 1 aliphatic carbocycles. The van der Waals surface area contributed by atoms with Gasteiger partial charge in [-0.1, -0.05) is 6.07 Å². The fourth-order valence-corrected chi connectivity index (χ4v) is 2.38. The van der Waals surface area contributed by atoms with Gasteiger partial charge in [0.05, 0.1) is 12.2 Å². The molecule has 0 heterocycles. The Morgan fingerprint density at radius 2 is 1.76 bits per heavy atom. The first-order chi connectivity index (χ1) is 9.86. The average Bonchev–Trinajstić information content (AvgIpc) is 2.38. The standard InChI is InChI=1S/C15H18O6/c16-9(3-8-1-2-12(18)15(21)4-8)5-11-13(19)6-10(17)7-14(11)20/h1-2,4,6-7,9,11,13,16-21H,3,5H2/t9-,11-,13-/m0/s1. The summed E-state index contributed by atoms with van der Waals surface area (Å²) in [5.41, 5.74) is 0.616. The molecule has 0 fully saturated rings. The minimum atomic E-state index is -1.07. The lowest BCUT2D eigenvalue weighted by molar-refractivity contribution is 0.0769. The molecule has 0 bridgehead atoms. The van der Waals surface area contributed by atoms with Gasteiger partial charge in [0.25, 0.3) is 0 Å². The predicted molar refractivity (Wildman–Crippen MR) is 75.0 cm³/mol. The fraction of sp³-hybridized carbons (Fsp3) is 0.333. The zero-order valence-corrected chi connectivity index (χ0v) is 11.2. The quantitative estimate of drug-likeness (QED) is 0.465. The third-order valence-electron chi connectivity index (χ3n) is 3.47. The summed E-state index contributed by atoms with van der Waals surface area (Å²) in [6.45, 7) is 0. The molecule has 0 saturated heterocycles. The van der Waals surface area contributed by atoms with Crippen molar-refractivity contribution in [1.29, 1.82) is 0 Å². The van der Waals surface area contributed by atoms with Gasteiger partial charge in [0, 0.05) is 12.0 Å². The summed E-state index contributed by atoms with van der Waals surface area (Å²) in [6.07, 6.45) is 0.685. The summed E-state index contributed by atoms with van der Waals surface area (Å²) in [6, 6.07) is 4.24. The minimum Gasteiger partial charge on any atom is -0.512 e. The Morgan fingerprint density at radius 3 is 2.38 bits per heavy atom. The lowest BCUT2D eigenvalue weighted by atomic mass is 9.88. The van der Waals surface area contributed by atoms with Crippen LogP contribution in [0.3, 0.4) is 0 Å². The van der Waals surface area contributed by atoms with Crippen LogP contribution in [-0.2, 0) is 6.42 Å². The number of aliphatic hydroxyl groups is 4. The Kier molecular flexibility index (Phi) is 4.40. The second kappa shape index (κ2) is 6.07. The van der Waals surface area contributed by atoms with E-state index in [-0.39, 0.29) is 35.9 Å². The highest BCUT2D eigenvalue weighted by Gasteiger charge is 2.28.